The zero-order valence-corrected chi connectivity index (χ0v) is 9.11. The Balaban J connectivity index is 2.56. The van der Waals surface area contributed by atoms with Crippen LogP contribution in [0.5, 0.6) is 0 Å². The maximum absolute atomic E-state index is 11.5. The highest BCUT2D eigenvalue weighted by Gasteiger charge is 2.26. The molecular weight excluding hydrogens is 192 g/mol. The molecule has 1 aromatic heterocycles. The second-order valence-electron chi connectivity index (χ2n) is 3.87. The summed E-state index contributed by atoms with van der Waals surface area (Å²) in [6, 6.07) is 3.77. The van der Waals surface area contributed by atoms with Crippen LogP contribution in [0.3, 0.4) is 0 Å². The predicted molar refractivity (Wildman–Crippen MR) is 54.4 cm³/mol. The highest BCUT2D eigenvalue weighted by Crippen LogP contribution is 2.12. The molecule has 0 saturated heterocycles. The zero-order chi connectivity index (χ0) is 11.5. The molecule has 0 saturated carbocycles. The molecule has 0 spiro atoms. The number of carbonyl (C=O) groups excluding carboxylic acids is 1. The first-order valence-corrected chi connectivity index (χ1v) is 4.64. The van der Waals surface area contributed by atoms with Crippen LogP contribution in [0.1, 0.15) is 19.5 Å². The van der Waals surface area contributed by atoms with Gasteiger partial charge >= 0.3 is 0 Å². The number of carbonyl (C=O) groups is 1. The first-order chi connectivity index (χ1) is 6.97. The third kappa shape index (κ3) is 2.56. The molecule has 0 fully saturated rings. The number of nitrogens with one attached hydrogen (secondary N) is 1. The van der Waals surface area contributed by atoms with Crippen molar-refractivity contribution in [1.82, 2.24) is 15.1 Å². The Bertz CT molecular complexity index is 400. The Kier molecular flexibility index (Phi) is 3.10. The maximum Gasteiger partial charge on any atom is 0.240 e. The first kappa shape index (κ1) is 11.2. The van der Waals surface area contributed by atoms with Gasteiger partial charge in [0, 0.05) is 13.2 Å². The molecule has 0 aliphatic heterocycles. The van der Waals surface area contributed by atoms with Crippen LogP contribution in [0.4, 0.5) is 0 Å². The zero-order valence-electron chi connectivity index (χ0n) is 9.11. The molecule has 0 radical (unpaired) electrons. The van der Waals surface area contributed by atoms with Crippen LogP contribution in [0.2, 0.25) is 0 Å². The molecule has 0 aliphatic carbocycles. The minimum Gasteiger partial charge on any atom is -0.349 e. The first-order valence-electron chi connectivity index (χ1n) is 4.64. The standard InChI is InChI=1S/C10H14N4O/c1-10(2,7-11)9(15)12-6-8-4-5-13-14(8)3/h4-5H,6H2,1-3H3,(H,12,15). The van der Waals surface area contributed by atoms with E-state index in [4.69, 9.17) is 5.26 Å². The summed E-state index contributed by atoms with van der Waals surface area (Å²) in [5.74, 6) is -0.272. The topological polar surface area (TPSA) is 70.7 Å². The van der Waals surface area contributed by atoms with E-state index in [0.717, 1.165) is 5.69 Å². The SMILES string of the molecule is Cn1nccc1CNC(=O)C(C)(C)C#N. The van der Waals surface area contributed by atoms with Gasteiger partial charge in [0.05, 0.1) is 18.3 Å². The molecule has 5 heteroatoms. The lowest BCUT2D eigenvalue weighted by Gasteiger charge is -2.14. The van der Waals surface area contributed by atoms with Crippen molar-refractivity contribution in [2.75, 3.05) is 0 Å². The fourth-order valence-electron chi connectivity index (χ4n) is 1.02. The van der Waals surface area contributed by atoms with Gasteiger partial charge in [0.1, 0.15) is 5.41 Å². The molecule has 1 amide bonds. The quantitative estimate of drug-likeness (QED) is 0.786. The van der Waals surface area contributed by atoms with Crippen molar-refractivity contribution in [3.05, 3.63) is 18.0 Å². The highest BCUT2D eigenvalue weighted by atomic mass is 16.2. The smallest absolute Gasteiger partial charge is 0.240 e. The molecule has 0 bridgehead atoms. The van der Waals surface area contributed by atoms with E-state index in [9.17, 15) is 4.79 Å². The number of amides is 1. The number of aryl methyl sites for hydroxylation is 1. The summed E-state index contributed by atoms with van der Waals surface area (Å²) >= 11 is 0. The average molecular weight is 206 g/mol. The van der Waals surface area contributed by atoms with Crippen molar-refractivity contribution in [2.24, 2.45) is 12.5 Å². The lowest BCUT2D eigenvalue weighted by molar-refractivity contribution is -0.127. The second kappa shape index (κ2) is 4.13. The van der Waals surface area contributed by atoms with Gasteiger partial charge < -0.3 is 5.32 Å². The molecule has 1 heterocycles. The largest absolute Gasteiger partial charge is 0.349 e. The Morgan fingerprint density at radius 1 is 1.73 bits per heavy atom. The monoisotopic (exact) mass is 206 g/mol. The van der Waals surface area contributed by atoms with E-state index in [2.05, 4.69) is 10.4 Å². The van der Waals surface area contributed by atoms with E-state index >= 15 is 0 Å². The lowest BCUT2D eigenvalue weighted by atomic mass is 9.95. The van der Waals surface area contributed by atoms with E-state index in [1.165, 1.54) is 0 Å². The summed E-state index contributed by atoms with van der Waals surface area (Å²) < 4.78 is 1.68. The number of hydrogen-bond acceptors (Lipinski definition) is 3. The molecule has 1 rings (SSSR count). The normalized spacial score (nSPS) is 10.8. The summed E-state index contributed by atoms with van der Waals surface area (Å²) in [6.45, 7) is 3.57. The van der Waals surface area contributed by atoms with Gasteiger partial charge in [-0.15, -0.1) is 0 Å². The van der Waals surface area contributed by atoms with Crippen molar-refractivity contribution >= 4 is 5.91 Å². The highest BCUT2D eigenvalue weighted by molar-refractivity contribution is 5.84. The molecule has 0 unspecified atom stereocenters. The van der Waals surface area contributed by atoms with Crippen molar-refractivity contribution in [1.29, 1.82) is 5.26 Å². The molecule has 0 aliphatic rings. The van der Waals surface area contributed by atoms with Crippen LogP contribution in [0.15, 0.2) is 12.3 Å². The van der Waals surface area contributed by atoms with Crippen LogP contribution in [0.25, 0.3) is 0 Å². The molecular formula is C10H14N4O. The van der Waals surface area contributed by atoms with Crippen molar-refractivity contribution in [2.45, 2.75) is 20.4 Å². The molecule has 0 atom stereocenters. The molecule has 80 valence electrons. The predicted octanol–water partition coefficient (Wildman–Crippen LogP) is 0.586. The fraction of sp³-hybridized carbons (Fsp3) is 0.500. The van der Waals surface area contributed by atoms with Crippen LogP contribution in [0, 0.1) is 16.7 Å². The maximum atomic E-state index is 11.5. The fourth-order valence-corrected chi connectivity index (χ4v) is 1.02. The van der Waals surface area contributed by atoms with E-state index in [1.807, 2.05) is 12.1 Å². The second-order valence-corrected chi connectivity index (χ2v) is 3.87. The Morgan fingerprint density at radius 2 is 2.40 bits per heavy atom. The van der Waals surface area contributed by atoms with Crippen LogP contribution >= 0.6 is 0 Å². The van der Waals surface area contributed by atoms with Gasteiger partial charge in [-0.1, -0.05) is 0 Å². The van der Waals surface area contributed by atoms with Crippen molar-refractivity contribution in [3.8, 4) is 6.07 Å². The van der Waals surface area contributed by atoms with Gasteiger partial charge in [0.25, 0.3) is 0 Å². The number of hydrogen-bond donors (Lipinski definition) is 1. The number of nitriles is 1. The van der Waals surface area contributed by atoms with Gasteiger partial charge in [-0.2, -0.15) is 10.4 Å². The van der Waals surface area contributed by atoms with Crippen LogP contribution < -0.4 is 5.32 Å². The van der Waals surface area contributed by atoms with Gasteiger partial charge in [-0.05, 0) is 19.9 Å². The minimum atomic E-state index is -0.988. The third-order valence-corrected chi connectivity index (χ3v) is 2.20. The van der Waals surface area contributed by atoms with Gasteiger partial charge in [-0.25, -0.2) is 0 Å². The van der Waals surface area contributed by atoms with Gasteiger partial charge in [0.15, 0.2) is 0 Å². The summed E-state index contributed by atoms with van der Waals surface area (Å²) in [7, 11) is 1.80. The van der Waals surface area contributed by atoms with E-state index in [-0.39, 0.29) is 5.91 Å². The van der Waals surface area contributed by atoms with Crippen LogP contribution in [-0.4, -0.2) is 15.7 Å². The van der Waals surface area contributed by atoms with Crippen molar-refractivity contribution < 1.29 is 4.79 Å². The summed E-state index contributed by atoms with van der Waals surface area (Å²) in [6.07, 6.45) is 1.66. The number of nitrogens with zero attached hydrogens (tertiary/aromatic N) is 3. The van der Waals surface area contributed by atoms with Crippen LogP contribution in [-0.2, 0) is 18.4 Å². The van der Waals surface area contributed by atoms with Gasteiger partial charge in [0.2, 0.25) is 5.91 Å². The summed E-state index contributed by atoms with van der Waals surface area (Å²) in [5.41, 5.74) is -0.0874. The Hall–Kier alpha value is -1.83. The van der Waals surface area contributed by atoms with E-state index < -0.39 is 5.41 Å². The summed E-state index contributed by atoms with van der Waals surface area (Å²) in [4.78, 5) is 11.5. The van der Waals surface area contributed by atoms with E-state index in [1.54, 1.807) is 31.8 Å². The van der Waals surface area contributed by atoms with E-state index in [0.29, 0.717) is 6.54 Å². The Morgan fingerprint density at radius 3 is 2.87 bits per heavy atom. The summed E-state index contributed by atoms with van der Waals surface area (Å²) in [5, 5.41) is 15.4. The molecule has 1 N–H and O–H groups in total. The molecule has 1 aromatic rings. The third-order valence-electron chi connectivity index (χ3n) is 2.20. The molecule has 5 nitrogen and oxygen atoms in total. The van der Waals surface area contributed by atoms with Gasteiger partial charge in [-0.3, -0.25) is 9.48 Å². The average Bonchev–Trinajstić information content (AvgIpc) is 2.60. The Labute approximate surface area is 88.7 Å². The lowest BCUT2D eigenvalue weighted by Crippen LogP contribution is -2.35. The molecule has 15 heavy (non-hydrogen) atoms. The van der Waals surface area contributed by atoms with Crippen molar-refractivity contribution in [3.63, 3.8) is 0 Å². The number of rotatable bonds is 3. The minimum absolute atomic E-state index is 0.272. The number of aromatic nitrogens is 2. The molecule has 0 aromatic carbocycles.